The average Bonchev–Trinajstić information content (AvgIpc) is 2.61. The topological polar surface area (TPSA) is 63.7 Å². The first kappa shape index (κ1) is 15.2. The highest BCUT2D eigenvalue weighted by molar-refractivity contribution is 6.02. The summed E-state index contributed by atoms with van der Waals surface area (Å²) in [4.78, 5) is 26.8. The number of anilines is 1. The normalized spacial score (nSPS) is 11.1. The molecule has 0 amide bonds. The highest BCUT2D eigenvalue weighted by Gasteiger charge is 2.15. The van der Waals surface area contributed by atoms with E-state index in [1.165, 1.54) is 0 Å². The summed E-state index contributed by atoms with van der Waals surface area (Å²) in [6.07, 6.45) is 0. The Hall–Kier alpha value is -3.34. The molecule has 2 heterocycles. The lowest BCUT2D eigenvalue weighted by Crippen LogP contribution is -2.10. The SMILES string of the molecule is CN(C)c1ccc2c(c1)oc(=O)c1cc(-c3ccccc3)c(=O)oc12. The zero-order valence-electron chi connectivity index (χ0n) is 13.8. The molecule has 4 aromatic rings. The van der Waals surface area contributed by atoms with Crippen molar-refractivity contribution in [2.75, 3.05) is 19.0 Å². The van der Waals surface area contributed by atoms with Gasteiger partial charge in [-0.05, 0) is 23.8 Å². The molecule has 0 spiro atoms. The highest BCUT2D eigenvalue weighted by atomic mass is 16.4. The third kappa shape index (κ3) is 2.50. The van der Waals surface area contributed by atoms with Crippen molar-refractivity contribution in [3.8, 4) is 11.1 Å². The van der Waals surface area contributed by atoms with Gasteiger partial charge in [-0.3, -0.25) is 0 Å². The van der Waals surface area contributed by atoms with Crippen molar-refractivity contribution in [1.82, 2.24) is 0 Å². The Balaban J connectivity index is 2.06. The van der Waals surface area contributed by atoms with Gasteiger partial charge in [-0.2, -0.15) is 0 Å². The van der Waals surface area contributed by atoms with Crippen molar-refractivity contribution >= 4 is 27.6 Å². The maximum absolute atomic E-state index is 12.5. The van der Waals surface area contributed by atoms with Crippen LogP contribution < -0.4 is 16.2 Å². The Bertz CT molecular complexity index is 1200. The molecule has 0 bridgehead atoms. The quantitative estimate of drug-likeness (QED) is 0.414. The van der Waals surface area contributed by atoms with E-state index in [1.54, 1.807) is 30.3 Å². The molecule has 4 rings (SSSR count). The molecular weight excluding hydrogens is 318 g/mol. The smallest absolute Gasteiger partial charge is 0.347 e. The average molecular weight is 333 g/mol. The first-order valence-electron chi connectivity index (χ1n) is 7.82. The zero-order chi connectivity index (χ0) is 17.6. The Morgan fingerprint density at radius 3 is 2.28 bits per heavy atom. The maximum atomic E-state index is 12.5. The lowest BCUT2D eigenvalue weighted by atomic mass is 10.1. The van der Waals surface area contributed by atoms with Gasteiger partial charge in [-0.1, -0.05) is 30.3 Å². The van der Waals surface area contributed by atoms with E-state index in [-0.39, 0.29) is 11.0 Å². The van der Waals surface area contributed by atoms with Crippen molar-refractivity contribution in [2.45, 2.75) is 0 Å². The fourth-order valence-corrected chi connectivity index (χ4v) is 2.86. The van der Waals surface area contributed by atoms with Gasteiger partial charge in [0.05, 0.1) is 10.9 Å². The largest absolute Gasteiger partial charge is 0.422 e. The van der Waals surface area contributed by atoms with E-state index >= 15 is 0 Å². The van der Waals surface area contributed by atoms with Crippen LogP contribution in [0.2, 0.25) is 0 Å². The second kappa shape index (κ2) is 5.63. The standard InChI is InChI=1S/C20H15NO4/c1-21(2)13-8-9-14-17(10-13)24-20(23)16-11-15(19(22)25-18(14)16)12-6-4-3-5-7-12/h3-11H,1-2H3. The Morgan fingerprint density at radius 1 is 0.800 bits per heavy atom. The number of rotatable bonds is 2. The predicted octanol–water partition coefficient (Wildman–Crippen LogP) is 3.63. The van der Waals surface area contributed by atoms with Gasteiger partial charge in [0.25, 0.3) is 0 Å². The van der Waals surface area contributed by atoms with Crippen LogP contribution in [0.4, 0.5) is 5.69 Å². The minimum atomic E-state index is -0.528. The molecule has 25 heavy (non-hydrogen) atoms. The van der Waals surface area contributed by atoms with Gasteiger partial charge in [0.15, 0.2) is 5.58 Å². The first-order chi connectivity index (χ1) is 12.0. The molecule has 5 heteroatoms. The fourth-order valence-electron chi connectivity index (χ4n) is 2.86. The molecule has 5 nitrogen and oxygen atoms in total. The van der Waals surface area contributed by atoms with E-state index in [1.807, 2.05) is 43.3 Å². The minimum absolute atomic E-state index is 0.251. The number of benzene rings is 2. The van der Waals surface area contributed by atoms with Crippen molar-refractivity contribution < 1.29 is 8.83 Å². The summed E-state index contributed by atoms with van der Waals surface area (Å²) in [5.41, 5.74) is 1.55. The predicted molar refractivity (Wildman–Crippen MR) is 98.3 cm³/mol. The van der Waals surface area contributed by atoms with E-state index in [9.17, 15) is 9.59 Å². The van der Waals surface area contributed by atoms with Gasteiger partial charge < -0.3 is 13.7 Å². The van der Waals surface area contributed by atoms with Crippen LogP contribution in [0.1, 0.15) is 0 Å². The van der Waals surface area contributed by atoms with Crippen LogP contribution in [0, 0.1) is 0 Å². The third-order valence-electron chi connectivity index (χ3n) is 4.18. The van der Waals surface area contributed by atoms with E-state index in [2.05, 4.69) is 0 Å². The van der Waals surface area contributed by atoms with Crippen molar-refractivity contribution in [3.63, 3.8) is 0 Å². The van der Waals surface area contributed by atoms with Gasteiger partial charge in [-0.25, -0.2) is 9.59 Å². The summed E-state index contributed by atoms with van der Waals surface area (Å²) in [7, 11) is 3.79. The highest BCUT2D eigenvalue weighted by Crippen LogP contribution is 2.27. The Morgan fingerprint density at radius 2 is 1.56 bits per heavy atom. The van der Waals surface area contributed by atoms with Crippen LogP contribution in [0.15, 0.2) is 73.0 Å². The molecule has 0 radical (unpaired) electrons. The molecule has 2 aromatic carbocycles. The van der Waals surface area contributed by atoms with Gasteiger partial charge in [-0.15, -0.1) is 0 Å². The summed E-state index contributed by atoms with van der Waals surface area (Å²) in [5, 5.41) is 0.848. The Kier molecular flexibility index (Phi) is 3.42. The molecule has 0 aliphatic carbocycles. The van der Waals surface area contributed by atoms with Crippen molar-refractivity contribution in [1.29, 1.82) is 0 Å². The second-order valence-electron chi connectivity index (χ2n) is 6.02. The van der Waals surface area contributed by atoms with Crippen molar-refractivity contribution in [2.24, 2.45) is 0 Å². The lowest BCUT2D eigenvalue weighted by Gasteiger charge is -2.12. The van der Waals surface area contributed by atoms with Crippen LogP contribution in [-0.4, -0.2) is 14.1 Å². The zero-order valence-corrected chi connectivity index (χ0v) is 13.8. The van der Waals surface area contributed by atoms with E-state index in [4.69, 9.17) is 8.83 Å². The van der Waals surface area contributed by atoms with Crippen molar-refractivity contribution in [3.05, 3.63) is 75.4 Å². The maximum Gasteiger partial charge on any atom is 0.347 e. The summed E-state index contributed by atoms with van der Waals surface area (Å²) < 4.78 is 11.0. The molecule has 0 saturated heterocycles. The second-order valence-corrected chi connectivity index (χ2v) is 6.02. The first-order valence-corrected chi connectivity index (χ1v) is 7.82. The molecule has 124 valence electrons. The van der Waals surface area contributed by atoms with Crippen LogP contribution in [0.5, 0.6) is 0 Å². The van der Waals surface area contributed by atoms with E-state index in [0.717, 1.165) is 5.69 Å². The molecular formula is C20H15NO4. The van der Waals surface area contributed by atoms with Crippen LogP contribution in [-0.2, 0) is 0 Å². The molecule has 2 aromatic heterocycles. The molecule has 0 fully saturated rings. The third-order valence-corrected chi connectivity index (χ3v) is 4.18. The Labute approximate surface area is 142 Å². The molecule has 0 aliphatic heterocycles. The number of hydrogen-bond acceptors (Lipinski definition) is 5. The summed E-state index contributed by atoms with van der Waals surface area (Å²) in [6.45, 7) is 0. The molecule has 0 N–H and O–H groups in total. The lowest BCUT2D eigenvalue weighted by molar-refractivity contribution is 0.544. The molecule has 0 saturated carbocycles. The summed E-state index contributed by atoms with van der Waals surface area (Å²) in [5.74, 6) is 0. The summed E-state index contributed by atoms with van der Waals surface area (Å²) in [6, 6.07) is 16.1. The number of nitrogens with zero attached hydrogens (tertiary/aromatic N) is 1. The number of fused-ring (bicyclic) bond motifs is 3. The van der Waals surface area contributed by atoms with Gasteiger partial charge in [0, 0.05) is 25.8 Å². The van der Waals surface area contributed by atoms with Crippen LogP contribution in [0.25, 0.3) is 33.1 Å². The van der Waals surface area contributed by atoms with Crippen LogP contribution in [0.3, 0.4) is 0 Å². The fraction of sp³-hybridized carbons (Fsp3) is 0.100. The summed E-state index contributed by atoms with van der Waals surface area (Å²) >= 11 is 0. The molecule has 0 aliphatic rings. The van der Waals surface area contributed by atoms with Gasteiger partial charge in [0.2, 0.25) is 0 Å². The van der Waals surface area contributed by atoms with Gasteiger partial charge >= 0.3 is 11.3 Å². The molecule has 0 unspecified atom stereocenters. The van der Waals surface area contributed by atoms with E-state index in [0.29, 0.717) is 22.1 Å². The van der Waals surface area contributed by atoms with Crippen LogP contribution >= 0.6 is 0 Å². The monoisotopic (exact) mass is 333 g/mol. The van der Waals surface area contributed by atoms with E-state index < -0.39 is 11.3 Å². The number of hydrogen-bond donors (Lipinski definition) is 0. The van der Waals surface area contributed by atoms with Gasteiger partial charge in [0.1, 0.15) is 11.0 Å². The minimum Gasteiger partial charge on any atom is -0.422 e. The molecule has 0 atom stereocenters.